The molecule has 4 nitrogen and oxygen atoms in total. The summed E-state index contributed by atoms with van der Waals surface area (Å²) >= 11 is 1.46. The van der Waals surface area contributed by atoms with E-state index in [9.17, 15) is 8.42 Å². The Labute approximate surface area is 130 Å². The number of hydrogen-bond donors (Lipinski definition) is 2. The van der Waals surface area contributed by atoms with Crippen LogP contribution in [0.4, 0.5) is 5.69 Å². The Morgan fingerprint density at radius 2 is 2.05 bits per heavy atom. The Kier molecular flexibility index (Phi) is 5.39. The zero-order chi connectivity index (χ0) is 15.3. The van der Waals surface area contributed by atoms with Crippen LogP contribution in [0.1, 0.15) is 24.5 Å². The van der Waals surface area contributed by atoms with Crippen molar-refractivity contribution in [3.8, 4) is 0 Å². The number of rotatable bonds is 7. The lowest BCUT2D eigenvalue weighted by atomic mass is 10.1. The quantitative estimate of drug-likeness (QED) is 0.768. The highest BCUT2D eigenvalue weighted by molar-refractivity contribution is 7.92. The zero-order valence-electron chi connectivity index (χ0n) is 12.2. The maximum Gasteiger partial charge on any atom is 0.262 e. The molecule has 2 N–H and O–H groups in total. The molecule has 0 fully saturated rings. The summed E-state index contributed by atoms with van der Waals surface area (Å²) in [6.07, 6.45) is 1.05. The normalized spacial score (nSPS) is 11.5. The molecule has 1 heterocycles. The number of hydrogen-bond acceptors (Lipinski definition) is 4. The minimum absolute atomic E-state index is 0.337. The summed E-state index contributed by atoms with van der Waals surface area (Å²) in [6, 6.07) is 7.15. The van der Waals surface area contributed by atoms with Crippen LogP contribution in [-0.4, -0.2) is 15.0 Å². The Morgan fingerprint density at radius 1 is 1.24 bits per heavy atom. The van der Waals surface area contributed by atoms with Gasteiger partial charge in [-0.15, -0.1) is 0 Å². The van der Waals surface area contributed by atoms with Gasteiger partial charge in [-0.3, -0.25) is 4.72 Å². The van der Waals surface area contributed by atoms with Gasteiger partial charge >= 0.3 is 0 Å². The standard InChI is InChI=1S/C15H20N2O2S2/c1-3-8-16-10-13-5-4-6-15(12(13)2)21(18,19)17-14-7-9-20-11-14/h4-7,9,11,16-17H,3,8,10H2,1-2H3. The predicted octanol–water partition coefficient (Wildman–Crippen LogP) is 3.36. The summed E-state index contributed by atoms with van der Waals surface area (Å²) in [4.78, 5) is 0.337. The molecule has 0 aliphatic carbocycles. The van der Waals surface area contributed by atoms with Crippen LogP contribution >= 0.6 is 11.3 Å². The fourth-order valence-electron chi connectivity index (χ4n) is 2.08. The molecule has 1 aromatic carbocycles. The first-order valence-corrected chi connectivity index (χ1v) is 9.31. The van der Waals surface area contributed by atoms with Crippen molar-refractivity contribution in [1.29, 1.82) is 0 Å². The minimum atomic E-state index is -3.54. The lowest BCUT2D eigenvalue weighted by molar-refractivity contribution is 0.600. The SMILES string of the molecule is CCCNCc1cccc(S(=O)(=O)Nc2ccsc2)c1C. The molecule has 2 rings (SSSR count). The van der Waals surface area contributed by atoms with Crippen LogP contribution in [0, 0.1) is 6.92 Å². The van der Waals surface area contributed by atoms with E-state index in [1.807, 2.05) is 18.4 Å². The first kappa shape index (κ1) is 16.0. The molecule has 0 amide bonds. The molecule has 6 heteroatoms. The van der Waals surface area contributed by atoms with Crippen LogP contribution in [0.5, 0.6) is 0 Å². The maximum atomic E-state index is 12.5. The third kappa shape index (κ3) is 4.06. The maximum absolute atomic E-state index is 12.5. The first-order chi connectivity index (χ1) is 10.0. The van der Waals surface area contributed by atoms with Crippen molar-refractivity contribution in [2.24, 2.45) is 0 Å². The van der Waals surface area contributed by atoms with E-state index in [0.29, 0.717) is 17.1 Å². The molecule has 0 atom stereocenters. The van der Waals surface area contributed by atoms with Gasteiger partial charge in [0.25, 0.3) is 10.0 Å². The van der Waals surface area contributed by atoms with Gasteiger partial charge in [0.05, 0.1) is 10.6 Å². The summed E-state index contributed by atoms with van der Waals surface area (Å²) in [5.74, 6) is 0. The van der Waals surface area contributed by atoms with E-state index in [0.717, 1.165) is 24.1 Å². The van der Waals surface area contributed by atoms with Crippen LogP contribution in [-0.2, 0) is 16.6 Å². The summed E-state index contributed by atoms with van der Waals surface area (Å²) in [5, 5.41) is 6.92. The van der Waals surface area contributed by atoms with Gasteiger partial charge in [0, 0.05) is 11.9 Å². The van der Waals surface area contributed by atoms with Gasteiger partial charge in [-0.2, -0.15) is 11.3 Å². The van der Waals surface area contributed by atoms with Gasteiger partial charge in [0.1, 0.15) is 0 Å². The number of thiophene rings is 1. The fourth-order valence-corrected chi connectivity index (χ4v) is 4.08. The van der Waals surface area contributed by atoms with Crippen molar-refractivity contribution in [2.75, 3.05) is 11.3 Å². The van der Waals surface area contributed by atoms with E-state index >= 15 is 0 Å². The Bertz CT molecular complexity index is 680. The van der Waals surface area contributed by atoms with E-state index in [2.05, 4.69) is 17.0 Å². The largest absolute Gasteiger partial charge is 0.313 e. The Balaban J connectivity index is 2.24. The molecule has 0 aliphatic heterocycles. The van der Waals surface area contributed by atoms with Gasteiger partial charge in [-0.1, -0.05) is 19.1 Å². The highest BCUT2D eigenvalue weighted by Crippen LogP contribution is 2.23. The van der Waals surface area contributed by atoms with Crippen LogP contribution in [0.15, 0.2) is 39.9 Å². The third-order valence-electron chi connectivity index (χ3n) is 3.20. The van der Waals surface area contributed by atoms with Crippen LogP contribution in [0.2, 0.25) is 0 Å². The summed E-state index contributed by atoms with van der Waals surface area (Å²) in [6.45, 7) is 5.56. The number of nitrogens with one attached hydrogen (secondary N) is 2. The first-order valence-electron chi connectivity index (χ1n) is 6.89. The summed E-state index contributed by atoms with van der Waals surface area (Å²) in [7, 11) is -3.54. The average molecular weight is 324 g/mol. The van der Waals surface area contributed by atoms with E-state index in [4.69, 9.17) is 0 Å². The third-order valence-corrected chi connectivity index (χ3v) is 5.41. The highest BCUT2D eigenvalue weighted by atomic mass is 32.2. The van der Waals surface area contributed by atoms with Gasteiger partial charge in [-0.05, 0) is 48.5 Å². The monoisotopic (exact) mass is 324 g/mol. The van der Waals surface area contributed by atoms with Crippen molar-refractivity contribution in [2.45, 2.75) is 31.7 Å². The highest BCUT2D eigenvalue weighted by Gasteiger charge is 2.18. The molecule has 0 bridgehead atoms. The molecule has 0 saturated heterocycles. The van der Waals surface area contributed by atoms with E-state index in [-0.39, 0.29) is 0 Å². The molecule has 2 aromatic rings. The number of sulfonamides is 1. The Hall–Kier alpha value is -1.37. The van der Waals surface area contributed by atoms with Crippen molar-refractivity contribution >= 4 is 27.0 Å². The van der Waals surface area contributed by atoms with Crippen molar-refractivity contribution in [1.82, 2.24) is 5.32 Å². The smallest absolute Gasteiger partial charge is 0.262 e. The van der Waals surface area contributed by atoms with Gasteiger partial charge in [0.2, 0.25) is 0 Å². The van der Waals surface area contributed by atoms with Crippen LogP contribution in [0.25, 0.3) is 0 Å². The van der Waals surface area contributed by atoms with Crippen LogP contribution in [0.3, 0.4) is 0 Å². The second-order valence-electron chi connectivity index (χ2n) is 4.83. The molecule has 0 radical (unpaired) electrons. The Morgan fingerprint density at radius 3 is 2.71 bits per heavy atom. The second-order valence-corrected chi connectivity index (χ2v) is 7.27. The van der Waals surface area contributed by atoms with Crippen molar-refractivity contribution in [3.63, 3.8) is 0 Å². The zero-order valence-corrected chi connectivity index (χ0v) is 13.9. The van der Waals surface area contributed by atoms with Gasteiger partial charge < -0.3 is 5.32 Å². The average Bonchev–Trinajstić information content (AvgIpc) is 2.93. The summed E-state index contributed by atoms with van der Waals surface area (Å²) < 4.78 is 27.6. The molecule has 1 aromatic heterocycles. The molecule has 0 saturated carbocycles. The van der Waals surface area contributed by atoms with Gasteiger partial charge in [-0.25, -0.2) is 8.42 Å². The molecule has 114 valence electrons. The lowest BCUT2D eigenvalue weighted by Gasteiger charge is -2.13. The molecule has 21 heavy (non-hydrogen) atoms. The lowest BCUT2D eigenvalue weighted by Crippen LogP contribution is -2.18. The van der Waals surface area contributed by atoms with E-state index < -0.39 is 10.0 Å². The topological polar surface area (TPSA) is 58.2 Å². The second kappa shape index (κ2) is 7.06. The fraction of sp³-hybridized carbons (Fsp3) is 0.333. The van der Waals surface area contributed by atoms with E-state index in [1.165, 1.54) is 11.3 Å². The molecular formula is C15H20N2O2S2. The van der Waals surface area contributed by atoms with Crippen LogP contribution < -0.4 is 10.0 Å². The van der Waals surface area contributed by atoms with Gasteiger partial charge in [0.15, 0.2) is 0 Å². The van der Waals surface area contributed by atoms with Crippen molar-refractivity contribution in [3.05, 3.63) is 46.2 Å². The predicted molar refractivity (Wildman–Crippen MR) is 88.3 cm³/mol. The molecule has 0 unspecified atom stereocenters. The molecular weight excluding hydrogens is 304 g/mol. The molecule has 0 aliphatic rings. The van der Waals surface area contributed by atoms with Crippen molar-refractivity contribution < 1.29 is 8.42 Å². The van der Waals surface area contributed by atoms with E-state index in [1.54, 1.807) is 23.6 Å². The summed E-state index contributed by atoms with van der Waals surface area (Å²) in [5.41, 5.74) is 2.41. The number of benzene rings is 1. The minimum Gasteiger partial charge on any atom is -0.313 e. The number of anilines is 1. The molecule has 0 spiro atoms.